The molecule has 0 aromatic carbocycles. The summed E-state index contributed by atoms with van der Waals surface area (Å²) in [5.41, 5.74) is -0.168. The largest absolute Gasteiger partial charge is 0.417 e. The number of aromatic amines is 1. The molecule has 7 nitrogen and oxygen atoms in total. The summed E-state index contributed by atoms with van der Waals surface area (Å²) in [6.07, 6.45) is -1.69. The molecular weight excluding hydrogens is 431 g/mol. The van der Waals surface area contributed by atoms with Gasteiger partial charge in [-0.15, -0.1) is 0 Å². The fraction of sp³-hybridized carbons (Fsp3) is 0.412. The summed E-state index contributed by atoms with van der Waals surface area (Å²) in [4.78, 5) is 34.5. The molecule has 0 atom stereocenters. The zero-order chi connectivity index (χ0) is 21.6. The molecule has 12 heteroatoms. The second-order valence-electron chi connectivity index (χ2n) is 5.97. The van der Waals surface area contributed by atoms with Crippen molar-refractivity contribution in [1.82, 2.24) is 20.3 Å². The van der Waals surface area contributed by atoms with E-state index in [-0.39, 0.29) is 48.2 Å². The minimum absolute atomic E-state index is 0.0935. The molecule has 0 spiro atoms. The van der Waals surface area contributed by atoms with Gasteiger partial charge in [-0.1, -0.05) is 23.4 Å². The van der Waals surface area contributed by atoms with Gasteiger partial charge in [-0.05, 0) is 25.7 Å². The minimum atomic E-state index is -4.52. The Kier molecular flexibility index (Phi) is 7.91. The van der Waals surface area contributed by atoms with Gasteiger partial charge in [0.2, 0.25) is 5.91 Å². The fourth-order valence-electron chi connectivity index (χ4n) is 2.41. The van der Waals surface area contributed by atoms with E-state index in [2.05, 4.69) is 25.6 Å². The summed E-state index contributed by atoms with van der Waals surface area (Å²) >= 11 is 7.12. The van der Waals surface area contributed by atoms with Crippen LogP contribution in [0, 0.1) is 6.92 Å². The highest BCUT2D eigenvalue weighted by molar-refractivity contribution is 7.98. The summed E-state index contributed by atoms with van der Waals surface area (Å²) in [5, 5.41) is 5.76. The van der Waals surface area contributed by atoms with E-state index in [1.807, 2.05) is 0 Å². The molecule has 0 saturated carbocycles. The molecule has 0 aliphatic carbocycles. The Hall–Kier alpha value is -2.27. The van der Waals surface area contributed by atoms with Gasteiger partial charge in [0.25, 0.3) is 5.56 Å². The smallest absolute Gasteiger partial charge is 0.367 e. The average molecular weight is 450 g/mol. The third kappa shape index (κ3) is 6.64. The average Bonchev–Trinajstić information content (AvgIpc) is 2.64. The van der Waals surface area contributed by atoms with E-state index in [1.54, 1.807) is 13.2 Å². The van der Waals surface area contributed by atoms with Gasteiger partial charge in [-0.25, -0.2) is 9.97 Å². The maximum Gasteiger partial charge on any atom is 0.417 e. The third-order valence-electron chi connectivity index (χ3n) is 3.90. The lowest BCUT2D eigenvalue weighted by atomic mass is 10.1. The number of halogens is 4. The van der Waals surface area contributed by atoms with Crippen LogP contribution in [0.1, 0.15) is 23.2 Å². The van der Waals surface area contributed by atoms with Gasteiger partial charge in [0.05, 0.1) is 10.6 Å². The van der Waals surface area contributed by atoms with Crippen molar-refractivity contribution < 1.29 is 18.0 Å². The number of anilines is 1. The monoisotopic (exact) mass is 449 g/mol. The minimum Gasteiger partial charge on any atom is -0.367 e. The van der Waals surface area contributed by atoms with E-state index in [0.29, 0.717) is 22.6 Å². The van der Waals surface area contributed by atoms with Crippen molar-refractivity contribution in [3.05, 3.63) is 44.5 Å². The highest BCUT2D eigenvalue weighted by Crippen LogP contribution is 2.32. The first kappa shape index (κ1) is 23.0. The van der Waals surface area contributed by atoms with Crippen LogP contribution in [-0.2, 0) is 17.4 Å². The van der Waals surface area contributed by atoms with Crippen molar-refractivity contribution in [1.29, 1.82) is 0 Å². The number of hydrogen-bond acceptors (Lipinski definition) is 6. The number of hydrogen-bond donors (Lipinski definition) is 3. The zero-order valence-electron chi connectivity index (χ0n) is 15.6. The molecule has 0 saturated heterocycles. The number of H-pyrrole nitrogens is 1. The molecule has 1 amide bonds. The van der Waals surface area contributed by atoms with E-state index >= 15 is 0 Å². The summed E-state index contributed by atoms with van der Waals surface area (Å²) in [6.45, 7) is 2.14. The van der Waals surface area contributed by atoms with Crippen molar-refractivity contribution in [2.75, 3.05) is 24.7 Å². The van der Waals surface area contributed by atoms with Gasteiger partial charge in [-0.3, -0.25) is 9.59 Å². The van der Waals surface area contributed by atoms with E-state index in [0.717, 1.165) is 6.07 Å². The lowest BCUT2D eigenvalue weighted by Gasteiger charge is -2.11. The highest BCUT2D eigenvalue weighted by atomic mass is 35.5. The summed E-state index contributed by atoms with van der Waals surface area (Å²) in [6, 6.07) is 0.783. The van der Waals surface area contributed by atoms with E-state index in [1.165, 1.54) is 11.8 Å². The standard InChI is InChI=1S/C17H19ClF3N5O2S/c1-9-11(15(28)26-16(25-9)29-2)3-4-13(27)22-5-6-23-14-12(18)7-10(8-24-14)17(19,20)21/h7-8H,3-6H2,1-2H3,(H,22,27)(H,23,24)(H,25,26,28). The lowest BCUT2D eigenvalue weighted by molar-refractivity contribution is -0.137. The van der Waals surface area contributed by atoms with Gasteiger partial charge < -0.3 is 15.6 Å². The molecule has 0 fully saturated rings. The molecule has 2 aromatic heterocycles. The number of pyridine rings is 1. The highest BCUT2D eigenvalue weighted by Gasteiger charge is 2.31. The molecular formula is C17H19ClF3N5O2S. The molecule has 0 radical (unpaired) electrons. The number of aryl methyl sites for hydroxylation is 1. The topological polar surface area (TPSA) is 99.8 Å². The first-order valence-electron chi connectivity index (χ1n) is 8.49. The normalized spacial score (nSPS) is 11.4. The van der Waals surface area contributed by atoms with Gasteiger partial charge in [0.1, 0.15) is 5.82 Å². The SMILES string of the molecule is CSc1nc(C)c(CCC(=O)NCCNc2ncc(C(F)(F)F)cc2Cl)c(=O)[nH]1. The van der Waals surface area contributed by atoms with Gasteiger partial charge in [-0.2, -0.15) is 13.2 Å². The summed E-state index contributed by atoms with van der Waals surface area (Å²) < 4.78 is 37.8. The predicted molar refractivity (Wildman–Crippen MR) is 105 cm³/mol. The second-order valence-corrected chi connectivity index (χ2v) is 7.17. The molecule has 2 aromatic rings. The van der Waals surface area contributed by atoms with Gasteiger partial charge in [0.15, 0.2) is 5.16 Å². The van der Waals surface area contributed by atoms with Crippen LogP contribution in [0.5, 0.6) is 0 Å². The number of carbonyl (C=O) groups excluding carboxylic acids is 1. The van der Waals surface area contributed by atoms with Crippen molar-refractivity contribution in [3.8, 4) is 0 Å². The van der Waals surface area contributed by atoms with Gasteiger partial charge >= 0.3 is 6.18 Å². The van der Waals surface area contributed by atoms with Crippen LogP contribution in [-0.4, -0.2) is 40.2 Å². The molecule has 0 aliphatic rings. The molecule has 2 rings (SSSR count). The van der Waals surface area contributed by atoms with Crippen LogP contribution in [0.3, 0.4) is 0 Å². The van der Waals surface area contributed by atoms with E-state index in [9.17, 15) is 22.8 Å². The Morgan fingerprint density at radius 1 is 1.34 bits per heavy atom. The molecule has 3 N–H and O–H groups in total. The number of nitrogens with one attached hydrogen (secondary N) is 3. The van der Waals surface area contributed by atoms with Crippen molar-refractivity contribution in [2.45, 2.75) is 31.1 Å². The molecule has 158 valence electrons. The fourth-order valence-corrected chi connectivity index (χ4v) is 3.06. The van der Waals surface area contributed by atoms with Crippen LogP contribution in [0.25, 0.3) is 0 Å². The van der Waals surface area contributed by atoms with Crippen molar-refractivity contribution in [3.63, 3.8) is 0 Å². The predicted octanol–water partition coefficient (Wildman–Crippen LogP) is 3.03. The second kappa shape index (κ2) is 9.97. The third-order valence-corrected chi connectivity index (χ3v) is 4.77. The number of nitrogens with zero attached hydrogens (tertiary/aromatic N) is 2. The molecule has 2 heterocycles. The Balaban J connectivity index is 1.79. The first-order chi connectivity index (χ1) is 13.6. The molecule has 29 heavy (non-hydrogen) atoms. The number of thioether (sulfide) groups is 1. The van der Waals surface area contributed by atoms with Crippen molar-refractivity contribution >= 4 is 35.1 Å². The summed E-state index contributed by atoms with van der Waals surface area (Å²) in [7, 11) is 0. The quantitative estimate of drug-likeness (QED) is 0.325. The van der Waals surface area contributed by atoms with Crippen LogP contribution in [0.4, 0.5) is 19.0 Å². The summed E-state index contributed by atoms with van der Waals surface area (Å²) in [5.74, 6) is -0.179. The Morgan fingerprint density at radius 3 is 2.66 bits per heavy atom. The van der Waals surface area contributed by atoms with Gasteiger partial charge in [0, 0.05) is 37.0 Å². The maximum atomic E-state index is 12.6. The maximum absolute atomic E-state index is 12.6. The van der Waals surface area contributed by atoms with E-state index < -0.39 is 11.7 Å². The number of amides is 1. The number of aromatic nitrogens is 3. The Morgan fingerprint density at radius 2 is 2.07 bits per heavy atom. The van der Waals surface area contributed by atoms with Crippen LogP contribution in [0.2, 0.25) is 5.02 Å². The molecule has 0 bridgehead atoms. The Bertz CT molecular complexity index is 936. The number of carbonyl (C=O) groups is 1. The Labute approximate surface area is 173 Å². The lowest BCUT2D eigenvalue weighted by Crippen LogP contribution is -2.30. The molecule has 0 aliphatic heterocycles. The number of alkyl halides is 3. The first-order valence-corrected chi connectivity index (χ1v) is 10.1. The zero-order valence-corrected chi connectivity index (χ0v) is 17.2. The van der Waals surface area contributed by atoms with E-state index in [4.69, 9.17) is 11.6 Å². The van der Waals surface area contributed by atoms with Crippen LogP contribution < -0.4 is 16.2 Å². The van der Waals surface area contributed by atoms with Crippen LogP contribution >= 0.6 is 23.4 Å². The number of rotatable bonds is 8. The van der Waals surface area contributed by atoms with Crippen LogP contribution in [0.15, 0.2) is 22.2 Å². The van der Waals surface area contributed by atoms with Crippen molar-refractivity contribution in [2.24, 2.45) is 0 Å². The molecule has 0 unspecified atom stereocenters.